The highest BCUT2D eigenvalue weighted by Gasteiger charge is 1.88. The molecule has 14 heavy (non-hydrogen) atoms. The molecule has 0 aromatic heterocycles. The summed E-state index contributed by atoms with van der Waals surface area (Å²) in [6.07, 6.45) is 1.76. The van der Waals surface area contributed by atoms with Gasteiger partial charge in [0.15, 0.2) is 0 Å². The summed E-state index contributed by atoms with van der Waals surface area (Å²) in [4.78, 5) is 0. The monoisotopic (exact) mass is 186 g/mol. The molecule has 72 valence electrons. The summed E-state index contributed by atoms with van der Waals surface area (Å²) in [7, 11) is 0. The van der Waals surface area contributed by atoms with Gasteiger partial charge in [-0.05, 0) is 12.0 Å². The van der Waals surface area contributed by atoms with E-state index >= 15 is 0 Å². The highest BCUT2D eigenvalue weighted by molar-refractivity contribution is 5.26. The predicted molar refractivity (Wildman–Crippen MR) is 58.8 cm³/mol. The molecule has 1 aromatic carbocycles. The number of rotatable bonds is 3. The Balaban J connectivity index is 2.34. The summed E-state index contributed by atoms with van der Waals surface area (Å²) in [6, 6.07) is 10.2. The van der Waals surface area contributed by atoms with Gasteiger partial charge in [0.25, 0.3) is 0 Å². The molecule has 0 bridgehead atoms. The van der Waals surface area contributed by atoms with E-state index in [0.717, 1.165) is 12.8 Å². The standard InChI is InChI=1S/C13H14O/c1-12(11-14)7-5-6-10-13-8-3-2-4-9-13/h2-4,8-9,14H,1,6,10-11H2. The molecule has 1 rings (SSSR count). The van der Waals surface area contributed by atoms with Gasteiger partial charge in [0.2, 0.25) is 0 Å². The highest BCUT2D eigenvalue weighted by atomic mass is 16.3. The largest absolute Gasteiger partial charge is 0.391 e. The van der Waals surface area contributed by atoms with Crippen LogP contribution in [0.5, 0.6) is 0 Å². The molecule has 0 saturated heterocycles. The van der Waals surface area contributed by atoms with Crippen LogP contribution >= 0.6 is 0 Å². The maximum absolute atomic E-state index is 8.65. The lowest BCUT2D eigenvalue weighted by Crippen LogP contribution is -1.84. The third kappa shape index (κ3) is 3.93. The molecule has 0 fully saturated rings. The highest BCUT2D eigenvalue weighted by Crippen LogP contribution is 2.01. The second-order valence-electron chi connectivity index (χ2n) is 3.05. The van der Waals surface area contributed by atoms with E-state index in [1.807, 2.05) is 18.2 Å². The van der Waals surface area contributed by atoms with E-state index in [1.54, 1.807) is 0 Å². The Kier molecular flexibility index (Phi) is 4.54. The fourth-order valence-corrected chi connectivity index (χ4v) is 1.08. The number of aliphatic hydroxyl groups excluding tert-OH is 1. The van der Waals surface area contributed by atoms with E-state index in [4.69, 9.17) is 5.11 Å². The smallest absolute Gasteiger partial charge is 0.0754 e. The van der Waals surface area contributed by atoms with E-state index < -0.39 is 0 Å². The van der Waals surface area contributed by atoms with Gasteiger partial charge in [0, 0.05) is 12.0 Å². The van der Waals surface area contributed by atoms with E-state index in [9.17, 15) is 0 Å². The molecular formula is C13H14O. The van der Waals surface area contributed by atoms with Gasteiger partial charge < -0.3 is 5.11 Å². The van der Waals surface area contributed by atoms with Crippen LogP contribution in [0.1, 0.15) is 12.0 Å². The average molecular weight is 186 g/mol. The van der Waals surface area contributed by atoms with Crippen molar-refractivity contribution < 1.29 is 5.11 Å². The number of aryl methyl sites for hydroxylation is 1. The molecule has 1 N–H and O–H groups in total. The molecule has 0 radical (unpaired) electrons. The van der Waals surface area contributed by atoms with Crippen molar-refractivity contribution in [1.82, 2.24) is 0 Å². The molecule has 0 spiro atoms. The van der Waals surface area contributed by atoms with E-state index in [1.165, 1.54) is 5.56 Å². The molecule has 0 aliphatic carbocycles. The Bertz CT molecular complexity index is 340. The lowest BCUT2D eigenvalue weighted by molar-refractivity contribution is 0.336. The number of aliphatic hydroxyl groups is 1. The average Bonchev–Trinajstić information content (AvgIpc) is 2.25. The van der Waals surface area contributed by atoms with Gasteiger partial charge in [0.05, 0.1) is 6.61 Å². The zero-order valence-electron chi connectivity index (χ0n) is 8.16. The molecule has 0 heterocycles. The lowest BCUT2D eigenvalue weighted by Gasteiger charge is -1.94. The van der Waals surface area contributed by atoms with Crippen LogP contribution in [0.3, 0.4) is 0 Å². The molecular weight excluding hydrogens is 172 g/mol. The maximum atomic E-state index is 8.65. The van der Waals surface area contributed by atoms with Gasteiger partial charge in [-0.15, -0.1) is 0 Å². The predicted octanol–water partition coefficient (Wildman–Crippen LogP) is 2.17. The minimum atomic E-state index is -0.0433. The van der Waals surface area contributed by atoms with Crippen molar-refractivity contribution in [2.24, 2.45) is 0 Å². The summed E-state index contributed by atoms with van der Waals surface area (Å²) in [5.41, 5.74) is 1.87. The Morgan fingerprint density at radius 3 is 2.64 bits per heavy atom. The van der Waals surface area contributed by atoms with Gasteiger partial charge in [0.1, 0.15) is 0 Å². The molecule has 0 saturated carbocycles. The lowest BCUT2D eigenvalue weighted by atomic mass is 10.1. The Morgan fingerprint density at radius 1 is 1.29 bits per heavy atom. The van der Waals surface area contributed by atoms with Crippen molar-refractivity contribution in [2.45, 2.75) is 12.8 Å². The summed E-state index contributed by atoms with van der Waals surface area (Å²) in [5, 5.41) is 8.65. The molecule has 0 atom stereocenters. The van der Waals surface area contributed by atoms with E-state index in [-0.39, 0.29) is 6.61 Å². The van der Waals surface area contributed by atoms with E-state index in [2.05, 4.69) is 30.6 Å². The molecule has 0 amide bonds. The Hall–Kier alpha value is -1.52. The molecule has 0 aliphatic heterocycles. The van der Waals surface area contributed by atoms with Crippen molar-refractivity contribution in [3.63, 3.8) is 0 Å². The van der Waals surface area contributed by atoms with Gasteiger partial charge in [-0.1, -0.05) is 48.8 Å². The quantitative estimate of drug-likeness (QED) is 0.717. The van der Waals surface area contributed by atoms with Crippen molar-refractivity contribution >= 4 is 0 Å². The fraction of sp³-hybridized carbons (Fsp3) is 0.231. The second kappa shape index (κ2) is 6.01. The van der Waals surface area contributed by atoms with Crippen LogP contribution in [0.4, 0.5) is 0 Å². The molecule has 0 unspecified atom stereocenters. The summed E-state index contributed by atoms with van der Waals surface area (Å²) >= 11 is 0. The number of hydrogen-bond donors (Lipinski definition) is 1. The van der Waals surface area contributed by atoms with Gasteiger partial charge in [-0.3, -0.25) is 0 Å². The zero-order chi connectivity index (χ0) is 10.2. The zero-order valence-corrected chi connectivity index (χ0v) is 8.16. The summed E-state index contributed by atoms with van der Waals surface area (Å²) in [6.45, 7) is 3.55. The van der Waals surface area contributed by atoms with Gasteiger partial charge in [-0.2, -0.15) is 0 Å². The first-order chi connectivity index (χ1) is 6.83. The van der Waals surface area contributed by atoms with Crippen LogP contribution in [0.15, 0.2) is 42.5 Å². The Labute approximate surface area is 85.1 Å². The fourth-order valence-electron chi connectivity index (χ4n) is 1.08. The van der Waals surface area contributed by atoms with Gasteiger partial charge in [-0.25, -0.2) is 0 Å². The summed E-state index contributed by atoms with van der Waals surface area (Å²) < 4.78 is 0. The van der Waals surface area contributed by atoms with Crippen LogP contribution < -0.4 is 0 Å². The Morgan fingerprint density at radius 2 is 2.00 bits per heavy atom. The molecule has 1 nitrogen and oxygen atoms in total. The minimum Gasteiger partial charge on any atom is -0.391 e. The third-order valence-corrected chi connectivity index (χ3v) is 1.84. The first kappa shape index (κ1) is 10.6. The normalized spacial score (nSPS) is 8.93. The summed E-state index contributed by atoms with van der Waals surface area (Å²) in [5.74, 6) is 5.78. The van der Waals surface area contributed by atoms with E-state index in [0.29, 0.717) is 5.57 Å². The minimum absolute atomic E-state index is 0.0433. The van der Waals surface area contributed by atoms with Crippen molar-refractivity contribution in [3.05, 3.63) is 48.0 Å². The van der Waals surface area contributed by atoms with Crippen molar-refractivity contribution in [2.75, 3.05) is 6.61 Å². The van der Waals surface area contributed by atoms with Crippen LogP contribution in [0, 0.1) is 11.8 Å². The van der Waals surface area contributed by atoms with Crippen LogP contribution in [0.25, 0.3) is 0 Å². The third-order valence-electron chi connectivity index (χ3n) is 1.84. The maximum Gasteiger partial charge on any atom is 0.0754 e. The SMILES string of the molecule is C=C(C#CCCc1ccccc1)CO. The van der Waals surface area contributed by atoms with Crippen molar-refractivity contribution in [3.8, 4) is 11.8 Å². The number of hydrogen-bond acceptors (Lipinski definition) is 1. The number of benzene rings is 1. The van der Waals surface area contributed by atoms with Crippen LogP contribution in [-0.4, -0.2) is 11.7 Å². The first-order valence-corrected chi connectivity index (χ1v) is 4.64. The van der Waals surface area contributed by atoms with Crippen molar-refractivity contribution in [1.29, 1.82) is 0 Å². The van der Waals surface area contributed by atoms with Crippen LogP contribution in [0.2, 0.25) is 0 Å². The first-order valence-electron chi connectivity index (χ1n) is 4.64. The molecule has 1 heteroatoms. The topological polar surface area (TPSA) is 20.2 Å². The molecule has 1 aromatic rings. The molecule has 0 aliphatic rings. The van der Waals surface area contributed by atoms with Gasteiger partial charge >= 0.3 is 0 Å². The van der Waals surface area contributed by atoms with Crippen LogP contribution in [-0.2, 0) is 6.42 Å². The second-order valence-corrected chi connectivity index (χ2v) is 3.05.